The van der Waals surface area contributed by atoms with Crippen LogP contribution in [-0.2, 0) is 4.79 Å². The van der Waals surface area contributed by atoms with Crippen LogP contribution in [-0.4, -0.2) is 12.0 Å². The zero-order valence-electron chi connectivity index (χ0n) is 3.56. The van der Waals surface area contributed by atoms with Crippen LogP contribution in [0.1, 0.15) is 0 Å². The molecule has 0 aromatic rings. The minimum Gasteiger partial charge on any atom is -0.290 e. The summed E-state index contributed by atoms with van der Waals surface area (Å²) < 4.78 is 0. The molecule has 0 bridgehead atoms. The van der Waals surface area contributed by atoms with E-state index in [0.29, 0.717) is 5.75 Å². The van der Waals surface area contributed by atoms with Gasteiger partial charge in [0.25, 0.3) is 0 Å². The maximum atomic E-state index is 9.46. The zero-order valence-corrected chi connectivity index (χ0v) is 5.13. The Morgan fingerprint density at radius 1 is 1.86 bits per heavy atom. The molecule has 0 aromatic heterocycles. The predicted molar refractivity (Wildman–Crippen MR) is 33.1 cm³/mol. The summed E-state index contributed by atoms with van der Waals surface area (Å²) in [4.78, 5) is 9.46. The lowest BCUT2D eigenvalue weighted by Crippen LogP contribution is -1.70. The van der Waals surface area contributed by atoms with E-state index in [4.69, 9.17) is 11.6 Å². The van der Waals surface area contributed by atoms with E-state index in [9.17, 15) is 4.79 Å². The van der Waals surface area contributed by atoms with E-state index in [-0.39, 0.29) is 0 Å². The Morgan fingerprint density at radius 2 is 2.57 bits per heavy atom. The molecule has 0 atom stereocenters. The van der Waals surface area contributed by atoms with Gasteiger partial charge in [0.05, 0.1) is 5.75 Å². The fourth-order valence-corrected chi connectivity index (χ4v) is 0.574. The Balaban J connectivity index is 2.82. The number of rotatable bonds is 3. The molecular weight excluding hydrogens is 132 g/mol. The second-order valence-electron chi connectivity index (χ2n) is 0.717. The molecule has 1 nitrogen and oxygen atoms in total. The summed E-state index contributed by atoms with van der Waals surface area (Å²) in [5, 5.41) is 1.63. The van der Waals surface area contributed by atoms with Crippen LogP contribution in [0.15, 0.2) is 10.9 Å². The molecule has 0 rings (SSSR count). The molecule has 0 unspecified atom stereocenters. The van der Waals surface area contributed by atoms with Gasteiger partial charge >= 0.3 is 0 Å². The van der Waals surface area contributed by atoms with Gasteiger partial charge in [0.1, 0.15) is 0 Å². The lowest BCUT2D eigenvalue weighted by molar-refractivity contribution is 0.560. The van der Waals surface area contributed by atoms with Gasteiger partial charge in [0.2, 0.25) is 6.29 Å². The molecule has 0 aliphatic carbocycles. The number of carbonyl (C=O) groups excluding carboxylic acids is 1. The van der Waals surface area contributed by atoms with Gasteiger partial charge in [-0.3, -0.25) is 4.79 Å². The summed E-state index contributed by atoms with van der Waals surface area (Å²) in [6, 6.07) is 0. The molecule has 0 aliphatic rings. The molecule has 0 spiro atoms. The first-order valence-corrected chi connectivity index (χ1v) is 3.12. The second kappa shape index (κ2) is 6.05. The van der Waals surface area contributed by atoms with Crippen molar-refractivity contribution >= 4 is 29.6 Å². The van der Waals surface area contributed by atoms with Gasteiger partial charge in [-0.15, -0.1) is 11.8 Å². The molecule has 0 fully saturated rings. The predicted octanol–water partition coefficient (Wildman–Crippen LogP) is 1.54. The first-order valence-electron chi connectivity index (χ1n) is 1.63. The van der Waals surface area contributed by atoms with Crippen molar-refractivity contribution in [2.75, 3.05) is 5.75 Å². The Kier molecular flexibility index (Phi) is 6.09. The highest BCUT2D eigenvalue weighted by atomic mass is 35.5. The Labute approximate surface area is 51.7 Å². The van der Waals surface area contributed by atoms with Crippen LogP contribution in [0.4, 0.5) is 0 Å². The smallest absolute Gasteiger partial charge is 0.209 e. The Hall–Kier alpha value is 0.0500. The molecule has 0 heterocycles. The van der Waals surface area contributed by atoms with Gasteiger partial charge in [-0.05, 0) is 5.41 Å². The lowest BCUT2D eigenvalue weighted by atomic mass is 10.9. The quantitative estimate of drug-likeness (QED) is 0.546. The van der Waals surface area contributed by atoms with E-state index >= 15 is 0 Å². The first-order chi connectivity index (χ1) is 3.41. The van der Waals surface area contributed by atoms with Crippen molar-refractivity contribution in [2.45, 2.75) is 0 Å². The van der Waals surface area contributed by atoms with Crippen molar-refractivity contribution in [3.05, 3.63) is 10.9 Å². The monoisotopic (exact) mass is 135 g/mol. The summed E-state index contributed by atoms with van der Waals surface area (Å²) in [5.41, 5.74) is 1.36. The van der Waals surface area contributed by atoms with Gasteiger partial charge in [0.15, 0.2) is 0 Å². The molecule has 39 valence electrons. The van der Waals surface area contributed by atoms with E-state index in [1.165, 1.54) is 17.3 Å². The Bertz CT molecular complexity index is 72.1. The molecule has 0 saturated carbocycles. The van der Waals surface area contributed by atoms with Crippen LogP contribution in [0.2, 0.25) is 0 Å². The third-order valence-electron chi connectivity index (χ3n) is 0.290. The maximum absolute atomic E-state index is 9.46. The molecular formula is C4H4ClOS. The molecule has 3 heteroatoms. The number of halogens is 1. The van der Waals surface area contributed by atoms with Gasteiger partial charge in [-0.1, -0.05) is 11.6 Å². The SMILES string of the molecule is O=[C]CSC=CCl. The standard InChI is InChI=1S/C4H4ClOS/c5-1-3-7-4-2-6/h1,3H,4H2. The number of hydrogen-bond donors (Lipinski definition) is 0. The third-order valence-corrected chi connectivity index (χ3v) is 1.18. The van der Waals surface area contributed by atoms with E-state index in [0.717, 1.165) is 0 Å². The summed E-state index contributed by atoms with van der Waals surface area (Å²) in [5.74, 6) is 0.364. The zero-order chi connectivity index (χ0) is 5.54. The molecule has 0 amide bonds. The largest absolute Gasteiger partial charge is 0.290 e. The van der Waals surface area contributed by atoms with Crippen molar-refractivity contribution in [2.24, 2.45) is 0 Å². The van der Waals surface area contributed by atoms with Crippen molar-refractivity contribution < 1.29 is 4.79 Å². The van der Waals surface area contributed by atoms with Crippen LogP contribution in [0.25, 0.3) is 0 Å². The fourth-order valence-electron chi connectivity index (χ4n) is 0.119. The highest BCUT2D eigenvalue weighted by Gasteiger charge is 1.74. The molecule has 0 aromatic carbocycles. The Morgan fingerprint density at radius 3 is 3.00 bits per heavy atom. The van der Waals surface area contributed by atoms with Gasteiger partial charge in [-0.2, -0.15) is 0 Å². The van der Waals surface area contributed by atoms with Crippen LogP contribution in [0.5, 0.6) is 0 Å². The fraction of sp³-hybridized carbons (Fsp3) is 0.250. The van der Waals surface area contributed by atoms with Crippen molar-refractivity contribution in [1.29, 1.82) is 0 Å². The van der Waals surface area contributed by atoms with E-state index < -0.39 is 0 Å². The van der Waals surface area contributed by atoms with Crippen LogP contribution >= 0.6 is 23.4 Å². The van der Waals surface area contributed by atoms with Crippen molar-refractivity contribution in [1.82, 2.24) is 0 Å². The molecule has 1 radical (unpaired) electrons. The molecule has 0 aliphatic heterocycles. The van der Waals surface area contributed by atoms with Gasteiger partial charge in [0, 0.05) is 5.54 Å². The molecule has 7 heavy (non-hydrogen) atoms. The van der Waals surface area contributed by atoms with Crippen LogP contribution in [0.3, 0.4) is 0 Å². The number of hydrogen-bond acceptors (Lipinski definition) is 2. The normalized spacial score (nSPS) is 9.86. The third kappa shape index (κ3) is 6.05. The van der Waals surface area contributed by atoms with Gasteiger partial charge < -0.3 is 0 Å². The molecule has 0 saturated heterocycles. The minimum atomic E-state index is 0.364. The molecule has 0 N–H and O–H groups in total. The summed E-state index contributed by atoms with van der Waals surface area (Å²) in [6.07, 6.45) is 1.71. The highest BCUT2D eigenvalue weighted by molar-refractivity contribution is 8.02. The number of thioether (sulfide) groups is 1. The van der Waals surface area contributed by atoms with E-state index in [1.807, 2.05) is 0 Å². The van der Waals surface area contributed by atoms with Crippen LogP contribution < -0.4 is 0 Å². The van der Waals surface area contributed by atoms with Gasteiger partial charge in [-0.25, -0.2) is 0 Å². The second-order valence-corrected chi connectivity index (χ2v) is 1.86. The van der Waals surface area contributed by atoms with Crippen LogP contribution in [0, 0.1) is 0 Å². The summed E-state index contributed by atoms with van der Waals surface area (Å²) in [6.45, 7) is 0. The average Bonchev–Trinajstić information content (AvgIpc) is 1.69. The minimum absolute atomic E-state index is 0.364. The summed E-state index contributed by atoms with van der Waals surface area (Å²) in [7, 11) is 0. The van der Waals surface area contributed by atoms with E-state index in [2.05, 4.69) is 0 Å². The highest BCUT2D eigenvalue weighted by Crippen LogP contribution is 1.98. The summed E-state index contributed by atoms with van der Waals surface area (Å²) >= 11 is 6.42. The van der Waals surface area contributed by atoms with Crippen molar-refractivity contribution in [3.8, 4) is 0 Å². The average molecular weight is 136 g/mol. The van der Waals surface area contributed by atoms with Crippen molar-refractivity contribution in [3.63, 3.8) is 0 Å². The maximum Gasteiger partial charge on any atom is 0.209 e. The first kappa shape index (κ1) is 7.05. The van der Waals surface area contributed by atoms with E-state index in [1.54, 1.807) is 11.7 Å². The lowest BCUT2D eigenvalue weighted by Gasteiger charge is -1.74. The topological polar surface area (TPSA) is 17.1 Å².